The minimum Gasteiger partial charge on any atom is -0.312 e. The van der Waals surface area contributed by atoms with Crippen LogP contribution in [0.5, 0.6) is 0 Å². The molecule has 1 heterocycles. The Bertz CT molecular complexity index is 358. The van der Waals surface area contributed by atoms with Crippen LogP contribution in [0.25, 0.3) is 0 Å². The van der Waals surface area contributed by atoms with Gasteiger partial charge < -0.3 is 5.43 Å². The van der Waals surface area contributed by atoms with Crippen molar-refractivity contribution in [3.8, 4) is 0 Å². The molecule has 88 valence electrons. The van der Waals surface area contributed by atoms with E-state index in [1.807, 2.05) is 6.92 Å². The normalized spacial score (nSPS) is 19.1. The van der Waals surface area contributed by atoms with Crippen molar-refractivity contribution < 1.29 is 9.59 Å². The Morgan fingerprint density at radius 3 is 2.69 bits per heavy atom. The smallest absolute Gasteiger partial charge is 0.281 e. The molecule has 0 unspecified atom stereocenters. The standard InChI is InChI=1S/C11H17N3O2/c1-4-5-6-14-9(15)7-8(2)10(11(14)16)13-12-3/h7,12H,4-6H2,1-3H3/b13-10-. The number of hydrazone groups is 1. The number of hydrogen-bond acceptors (Lipinski definition) is 4. The van der Waals surface area contributed by atoms with Gasteiger partial charge >= 0.3 is 0 Å². The Hall–Kier alpha value is -1.65. The molecule has 0 bridgehead atoms. The highest BCUT2D eigenvalue weighted by atomic mass is 16.2. The zero-order valence-corrected chi connectivity index (χ0v) is 9.91. The minimum atomic E-state index is -0.312. The van der Waals surface area contributed by atoms with Crippen LogP contribution in [0.4, 0.5) is 0 Å². The summed E-state index contributed by atoms with van der Waals surface area (Å²) >= 11 is 0. The van der Waals surface area contributed by atoms with Crippen molar-refractivity contribution in [2.24, 2.45) is 5.10 Å². The van der Waals surface area contributed by atoms with Crippen molar-refractivity contribution in [2.45, 2.75) is 26.7 Å². The maximum atomic E-state index is 11.9. The molecular weight excluding hydrogens is 206 g/mol. The molecule has 0 fully saturated rings. The lowest BCUT2D eigenvalue weighted by Crippen LogP contribution is -2.45. The van der Waals surface area contributed by atoms with Gasteiger partial charge in [0, 0.05) is 19.7 Å². The van der Waals surface area contributed by atoms with Gasteiger partial charge in [-0.1, -0.05) is 13.3 Å². The first kappa shape index (κ1) is 12.4. The zero-order valence-electron chi connectivity index (χ0n) is 9.91. The molecule has 0 atom stereocenters. The molecule has 5 heteroatoms. The Labute approximate surface area is 95.2 Å². The van der Waals surface area contributed by atoms with Crippen LogP contribution in [0.15, 0.2) is 16.8 Å². The van der Waals surface area contributed by atoms with E-state index in [9.17, 15) is 9.59 Å². The molecule has 0 aromatic rings. The van der Waals surface area contributed by atoms with E-state index in [4.69, 9.17) is 0 Å². The van der Waals surface area contributed by atoms with Crippen molar-refractivity contribution in [2.75, 3.05) is 13.6 Å². The highest BCUT2D eigenvalue weighted by Gasteiger charge is 2.30. The molecule has 1 aliphatic heterocycles. The van der Waals surface area contributed by atoms with Gasteiger partial charge in [-0.05, 0) is 18.9 Å². The van der Waals surface area contributed by atoms with Crippen molar-refractivity contribution in [1.82, 2.24) is 10.3 Å². The second-order valence-electron chi connectivity index (χ2n) is 3.66. The number of rotatable bonds is 4. The number of nitrogens with one attached hydrogen (secondary N) is 1. The lowest BCUT2D eigenvalue weighted by atomic mass is 10.1. The largest absolute Gasteiger partial charge is 0.312 e. The third-order valence-corrected chi connectivity index (χ3v) is 2.39. The first-order valence-electron chi connectivity index (χ1n) is 5.40. The molecule has 2 amide bonds. The minimum absolute atomic E-state index is 0.244. The molecule has 1 N–H and O–H groups in total. The molecule has 0 aliphatic carbocycles. The number of unbranched alkanes of at least 4 members (excludes halogenated alkanes) is 1. The van der Waals surface area contributed by atoms with Gasteiger partial charge in [-0.15, -0.1) is 0 Å². The fourth-order valence-corrected chi connectivity index (χ4v) is 1.50. The summed E-state index contributed by atoms with van der Waals surface area (Å²) in [6.45, 7) is 4.19. The average molecular weight is 223 g/mol. The number of amides is 2. The van der Waals surface area contributed by atoms with Crippen molar-refractivity contribution in [3.05, 3.63) is 11.6 Å². The predicted octanol–water partition coefficient (Wildman–Crippen LogP) is 0.677. The number of carbonyl (C=O) groups excluding carboxylic acids is 2. The summed E-state index contributed by atoms with van der Waals surface area (Å²) in [7, 11) is 1.63. The Morgan fingerprint density at radius 1 is 1.44 bits per heavy atom. The van der Waals surface area contributed by atoms with Crippen LogP contribution in [0.2, 0.25) is 0 Å². The SMILES string of the molecule is CCCCN1C(=O)C=C(C)/C(=N/NC)C1=O. The molecule has 16 heavy (non-hydrogen) atoms. The number of nitrogens with zero attached hydrogens (tertiary/aromatic N) is 2. The van der Waals surface area contributed by atoms with Crippen LogP contribution in [-0.2, 0) is 9.59 Å². The first-order valence-corrected chi connectivity index (χ1v) is 5.40. The highest BCUT2D eigenvalue weighted by molar-refractivity contribution is 6.49. The average Bonchev–Trinajstić information content (AvgIpc) is 2.24. The third kappa shape index (κ3) is 2.48. The summed E-state index contributed by atoms with van der Waals surface area (Å²) < 4.78 is 0. The van der Waals surface area contributed by atoms with E-state index in [-0.39, 0.29) is 11.8 Å². The van der Waals surface area contributed by atoms with E-state index in [1.54, 1.807) is 14.0 Å². The van der Waals surface area contributed by atoms with Crippen LogP contribution in [-0.4, -0.2) is 36.0 Å². The second kappa shape index (κ2) is 5.44. The molecule has 1 aliphatic rings. The number of hydrogen-bond donors (Lipinski definition) is 1. The summed E-state index contributed by atoms with van der Waals surface area (Å²) in [5.74, 6) is -0.557. The lowest BCUT2D eigenvalue weighted by Gasteiger charge is -2.24. The van der Waals surface area contributed by atoms with Crippen LogP contribution < -0.4 is 5.43 Å². The summed E-state index contributed by atoms with van der Waals surface area (Å²) in [6, 6.07) is 0. The van der Waals surface area contributed by atoms with Gasteiger partial charge in [0.1, 0.15) is 0 Å². The molecular formula is C11H17N3O2. The fraction of sp³-hybridized carbons (Fsp3) is 0.545. The predicted molar refractivity (Wildman–Crippen MR) is 61.9 cm³/mol. The molecule has 0 radical (unpaired) electrons. The Kier molecular flexibility index (Phi) is 4.22. The second-order valence-corrected chi connectivity index (χ2v) is 3.66. The van der Waals surface area contributed by atoms with Gasteiger partial charge in [-0.2, -0.15) is 5.10 Å². The van der Waals surface area contributed by atoms with Gasteiger partial charge in [-0.25, -0.2) is 0 Å². The maximum absolute atomic E-state index is 11.9. The fourth-order valence-electron chi connectivity index (χ4n) is 1.50. The quantitative estimate of drug-likeness (QED) is 0.563. The molecule has 0 aromatic carbocycles. The summed E-state index contributed by atoms with van der Waals surface area (Å²) in [6.07, 6.45) is 3.21. The van der Waals surface area contributed by atoms with Gasteiger partial charge in [0.2, 0.25) is 0 Å². The summed E-state index contributed by atoms with van der Waals surface area (Å²) in [5, 5.41) is 3.89. The monoisotopic (exact) mass is 223 g/mol. The van der Waals surface area contributed by atoms with Crippen LogP contribution in [0.1, 0.15) is 26.7 Å². The first-order chi connectivity index (χ1) is 7.61. The number of carbonyl (C=O) groups is 2. The van der Waals surface area contributed by atoms with Crippen LogP contribution in [0.3, 0.4) is 0 Å². The molecule has 0 saturated heterocycles. The molecule has 1 rings (SSSR count). The molecule has 0 spiro atoms. The van der Waals surface area contributed by atoms with Crippen molar-refractivity contribution >= 4 is 17.5 Å². The maximum Gasteiger partial charge on any atom is 0.281 e. The van der Waals surface area contributed by atoms with Gasteiger partial charge in [0.05, 0.1) is 0 Å². The van der Waals surface area contributed by atoms with Crippen molar-refractivity contribution in [3.63, 3.8) is 0 Å². The van der Waals surface area contributed by atoms with Crippen molar-refractivity contribution in [1.29, 1.82) is 0 Å². The van der Waals surface area contributed by atoms with Crippen LogP contribution in [0, 0.1) is 0 Å². The van der Waals surface area contributed by atoms with E-state index < -0.39 is 0 Å². The van der Waals surface area contributed by atoms with E-state index in [1.165, 1.54) is 11.0 Å². The topological polar surface area (TPSA) is 61.8 Å². The summed E-state index contributed by atoms with van der Waals surface area (Å²) in [4.78, 5) is 24.8. The third-order valence-electron chi connectivity index (χ3n) is 2.39. The highest BCUT2D eigenvalue weighted by Crippen LogP contribution is 2.11. The zero-order chi connectivity index (χ0) is 12.1. The Balaban J connectivity index is 2.94. The number of imide groups is 1. The molecule has 5 nitrogen and oxygen atoms in total. The van der Waals surface area contributed by atoms with Gasteiger partial charge in [0.25, 0.3) is 11.8 Å². The van der Waals surface area contributed by atoms with Gasteiger partial charge in [0.15, 0.2) is 5.71 Å². The molecule has 0 aromatic heterocycles. The Morgan fingerprint density at radius 2 is 2.12 bits per heavy atom. The lowest BCUT2D eigenvalue weighted by molar-refractivity contribution is -0.138. The summed E-state index contributed by atoms with van der Waals surface area (Å²) in [5.41, 5.74) is 3.50. The van der Waals surface area contributed by atoms with Crippen LogP contribution >= 0.6 is 0 Å². The molecule has 0 saturated carbocycles. The van der Waals surface area contributed by atoms with E-state index >= 15 is 0 Å². The van der Waals surface area contributed by atoms with E-state index in [0.717, 1.165) is 12.8 Å². The van der Waals surface area contributed by atoms with Gasteiger partial charge in [-0.3, -0.25) is 14.5 Å². The van der Waals surface area contributed by atoms with E-state index in [2.05, 4.69) is 10.5 Å². The van der Waals surface area contributed by atoms with E-state index in [0.29, 0.717) is 17.8 Å².